The van der Waals surface area contributed by atoms with Crippen LogP contribution < -0.4 is 0 Å². The number of rotatable bonds is 4. The Hall–Kier alpha value is -1.64. The van der Waals surface area contributed by atoms with Crippen molar-refractivity contribution in [2.24, 2.45) is 0 Å². The molecular weight excluding hydrogens is 226 g/mol. The van der Waals surface area contributed by atoms with Gasteiger partial charge >= 0.3 is 0 Å². The van der Waals surface area contributed by atoms with Gasteiger partial charge in [-0.1, -0.05) is 12.1 Å². The largest absolute Gasteiger partial charge is 0.349 e. The van der Waals surface area contributed by atoms with Gasteiger partial charge in [-0.3, -0.25) is 9.59 Å². The average Bonchev–Trinajstić information content (AvgIpc) is 2.82. The number of hydrogen-bond donors (Lipinski definition) is 0. The number of aryl methyl sites for hydroxylation is 2. The number of ketones is 1. The predicted molar refractivity (Wildman–Crippen MR) is 70.7 cm³/mol. The Balaban J connectivity index is 1.99. The van der Waals surface area contributed by atoms with Crippen LogP contribution in [0.15, 0.2) is 18.2 Å². The minimum absolute atomic E-state index is 0.00418. The van der Waals surface area contributed by atoms with Crippen molar-refractivity contribution in [3.05, 3.63) is 34.9 Å². The molecule has 0 aliphatic heterocycles. The Kier molecular flexibility index (Phi) is 3.80. The molecule has 18 heavy (non-hydrogen) atoms. The molecule has 0 bridgehead atoms. The van der Waals surface area contributed by atoms with E-state index < -0.39 is 0 Å². The van der Waals surface area contributed by atoms with Gasteiger partial charge in [-0.15, -0.1) is 0 Å². The van der Waals surface area contributed by atoms with E-state index in [1.54, 1.807) is 14.1 Å². The van der Waals surface area contributed by atoms with E-state index in [2.05, 4.69) is 6.07 Å². The highest BCUT2D eigenvalue weighted by Crippen LogP contribution is 2.23. The summed E-state index contributed by atoms with van der Waals surface area (Å²) in [6.45, 7) is 0. The normalized spacial score (nSPS) is 13.2. The first kappa shape index (κ1) is 12.8. The summed E-state index contributed by atoms with van der Waals surface area (Å²) in [7, 11) is 3.42. The predicted octanol–water partition coefficient (Wildman–Crippen LogP) is 2.23. The molecule has 1 aromatic carbocycles. The number of benzene rings is 1. The van der Waals surface area contributed by atoms with Gasteiger partial charge in [-0.05, 0) is 36.5 Å². The first-order chi connectivity index (χ1) is 8.58. The maximum Gasteiger partial charge on any atom is 0.222 e. The minimum atomic E-state index is 0.00418. The van der Waals surface area contributed by atoms with Gasteiger partial charge in [0.15, 0.2) is 5.78 Å². The van der Waals surface area contributed by atoms with Crippen LogP contribution in [0.5, 0.6) is 0 Å². The first-order valence-electron chi connectivity index (χ1n) is 6.43. The molecule has 96 valence electrons. The summed E-state index contributed by atoms with van der Waals surface area (Å²) >= 11 is 0. The molecule has 1 aliphatic rings. The van der Waals surface area contributed by atoms with E-state index >= 15 is 0 Å². The second-order valence-electron chi connectivity index (χ2n) is 5.05. The van der Waals surface area contributed by atoms with E-state index in [-0.39, 0.29) is 11.7 Å². The third-order valence-corrected chi connectivity index (χ3v) is 3.49. The molecule has 1 aliphatic carbocycles. The Morgan fingerprint density at radius 3 is 2.56 bits per heavy atom. The fourth-order valence-corrected chi connectivity index (χ4v) is 2.33. The molecule has 0 fully saturated rings. The monoisotopic (exact) mass is 245 g/mol. The standard InChI is InChI=1S/C15H19NO2/c1-16(2)15(18)9-8-14(17)13-7-6-11-4-3-5-12(11)10-13/h6-7,10H,3-5,8-9H2,1-2H3. The zero-order valence-electron chi connectivity index (χ0n) is 11.0. The van der Waals surface area contributed by atoms with E-state index in [4.69, 9.17) is 0 Å². The lowest BCUT2D eigenvalue weighted by Crippen LogP contribution is -2.22. The Labute approximate surface area is 108 Å². The summed E-state index contributed by atoms with van der Waals surface area (Å²) in [6.07, 6.45) is 3.99. The molecule has 0 saturated carbocycles. The highest BCUT2D eigenvalue weighted by molar-refractivity contribution is 5.98. The molecule has 3 nitrogen and oxygen atoms in total. The SMILES string of the molecule is CN(C)C(=O)CCC(=O)c1ccc2c(c1)CCC2. The van der Waals surface area contributed by atoms with Gasteiger partial charge in [-0.25, -0.2) is 0 Å². The van der Waals surface area contributed by atoms with Gasteiger partial charge in [0.25, 0.3) is 0 Å². The molecule has 0 radical (unpaired) electrons. The molecule has 0 N–H and O–H groups in total. The van der Waals surface area contributed by atoms with Crippen molar-refractivity contribution >= 4 is 11.7 Å². The Bertz CT molecular complexity index is 477. The topological polar surface area (TPSA) is 37.4 Å². The van der Waals surface area contributed by atoms with Gasteiger partial charge in [-0.2, -0.15) is 0 Å². The second-order valence-corrected chi connectivity index (χ2v) is 5.05. The summed E-state index contributed by atoms with van der Waals surface area (Å²) < 4.78 is 0. The summed E-state index contributed by atoms with van der Waals surface area (Å²) in [4.78, 5) is 25.0. The van der Waals surface area contributed by atoms with E-state index in [1.807, 2.05) is 12.1 Å². The van der Waals surface area contributed by atoms with Gasteiger partial charge in [0.2, 0.25) is 5.91 Å². The fraction of sp³-hybridized carbons (Fsp3) is 0.467. The fourth-order valence-electron chi connectivity index (χ4n) is 2.33. The lowest BCUT2D eigenvalue weighted by molar-refractivity contribution is -0.128. The maximum absolute atomic E-state index is 12.0. The van der Waals surface area contributed by atoms with Gasteiger partial charge < -0.3 is 4.90 Å². The third-order valence-electron chi connectivity index (χ3n) is 3.49. The smallest absolute Gasteiger partial charge is 0.222 e. The molecule has 2 rings (SSSR count). The highest BCUT2D eigenvalue weighted by atomic mass is 16.2. The summed E-state index contributed by atoms with van der Waals surface area (Å²) in [5.74, 6) is 0.0735. The van der Waals surface area contributed by atoms with Crippen molar-refractivity contribution in [1.29, 1.82) is 0 Å². The van der Waals surface area contributed by atoms with Crippen molar-refractivity contribution in [2.75, 3.05) is 14.1 Å². The summed E-state index contributed by atoms with van der Waals surface area (Å²) in [6, 6.07) is 5.96. The van der Waals surface area contributed by atoms with E-state index in [1.165, 1.54) is 22.4 Å². The molecule has 1 aromatic rings. The van der Waals surface area contributed by atoms with E-state index in [9.17, 15) is 9.59 Å². The molecule has 0 aromatic heterocycles. The number of Topliss-reactive ketones (excluding diaryl/α,β-unsaturated/α-hetero) is 1. The molecule has 3 heteroatoms. The molecule has 0 atom stereocenters. The minimum Gasteiger partial charge on any atom is -0.349 e. The van der Waals surface area contributed by atoms with Crippen LogP contribution in [0.3, 0.4) is 0 Å². The third kappa shape index (κ3) is 2.78. The number of carbonyl (C=O) groups excluding carboxylic acids is 2. The van der Waals surface area contributed by atoms with Crippen molar-refractivity contribution < 1.29 is 9.59 Å². The quantitative estimate of drug-likeness (QED) is 0.763. The Morgan fingerprint density at radius 2 is 1.83 bits per heavy atom. The lowest BCUT2D eigenvalue weighted by Gasteiger charge is -2.09. The molecule has 1 amide bonds. The van der Waals surface area contributed by atoms with Crippen LogP contribution in [0.1, 0.15) is 40.7 Å². The molecule has 0 unspecified atom stereocenters. The second kappa shape index (κ2) is 5.34. The molecule has 0 heterocycles. The number of nitrogens with zero attached hydrogens (tertiary/aromatic N) is 1. The van der Waals surface area contributed by atoms with Crippen LogP contribution in [0.4, 0.5) is 0 Å². The van der Waals surface area contributed by atoms with Crippen molar-refractivity contribution in [2.45, 2.75) is 32.1 Å². The average molecular weight is 245 g/mol. The van der Waals surface area contributed by atoms with Gasteiger partial charge in [0, 0.05) is 32.5 Å². The van der Waals surface area contributed by atoms with Crippen molar-refractivity contribution in [3.8, 4) is 0 Å². The first-order valence-corrected chi connectivity index (χ1v) is 6.43. The zero-order valence-corrected chi connectivity index (χ0v) is 11.0. The van der Waals surface area contributed by atoms with Crippen LogP contribution in [0.25, 0.3) is 0 Å². The van der Waals surface area contributed by atoms with Crippen molar-refractivity contribution in [1.82, 2.24) is 4.90 Å². The number of fused-ring (bicyclic) bond motifs is 1. The van der Waals surface area contributed by atoms with Crippen molar-refractivity contribution in [3.63, 3.8) is 0 Å². The molecular formula is C15H19NO2. The van der Waals surface area contributed by atoms with Gasteiger partial charge in [0.05, 0.1) is 0 Å². The van der Waals surface area contributed by atoms with Crippen LogP contribution in [-0.2, 0) is 17.6 Å². The zero-order chi connectivity index (χ0) is 13.1. The van der Waals surface area contributed by atoms with Gasteiger partial charge in [0.1, 0.15) is 0 Å². The summed E-state index contributed by atoms with van der Waals surface area (Å²) in [5, 5.41) is 0. The number of hydrogen-bond acceptors (Lipinski definition) is 2. The highest BCUT2D eigenvalue weighted by Gasteiger charge is 2.15. The lowest BCUT2D eigenvalue weighted by atomic mass is 10.0. The van der Waals surface area contributed by atoms with Crippen LogP contribution in [0, 0.1) is 0 Å². The van der Waals surface area contributed by atoms with Crippen LogP contribution >= 0.6 is 0 Å². The van der Waals surface area contributed by atoms with E-state index in [0.29, 0.717) is 12.8 Å². The summed E-state index contributed by atoms with van der Waals surface area (Å²) in [5.41, 5.74) is 3.43. The number of amides is 1. The molecule has 0 saturated heterocycles. The maximum atomic E-state index is 12.0. The van der Waals surface area contributed by atoms with E-state index in [0.717, 1.165) is 18.4 Å². The number of carbonyl (C=O) groups is 2. The Morgan fingerprint density at radius 1 is 1.11 bits per heavy atom. The van der Waals surface area contributed by atoms with Crippen LogP contribution in [0.2, 0.25) is 0 Å². The van der Waals surface area contributed by atoms with Crippen LogP contribution in [-0.4, -0.2) is 30.7 Å². The molecule has 0 spiro atoms.